The Kier molecular flexibility index (Phi) is 7.60. The van der Waals surface area contributed by atoms with Gasteiger partial charge in [-0.15, -0.1) is 0 Å². The number of hydrogen-bond donors (Lipinski definition) is 1. The zero-order valence-corrected chi connectivity index (χ0v) is 18.5. The molecule has 1 fully saturated rings. The van der Waals surface area contributed by atoms with E-state index in [1.165, 1.54) is 6.07 Å². The van der Waals surface area contributed by atoms with Gasteiger partial charge in [0.1, 0.15) is 11.6 Å². The van der Waals surface area contributed by atoms with E-state index >= 15 is 0 Å². The number of nitrogens with one attached hydrogen (secondary N) is 1. The van der Waals surface area contributed by atoms with Crippen molar-refractivity contribution < 1.29 is 22.7 Å². The largest absolute Gasteiger partial charge is 0.497 e. The van der Waals surface area contributed by atoms with Gasteiger partial charge in [0.2, 0.25) is 5.91 Å². The average Bonchev–Trinajstić information content (AvgIpc) is 2.79. The van der Waals surface area contributed by atoms with Crippen LogP contribution < -0.4 is 15.0 Å². The summed E-state index contributed by atoms with van der Waals surface area (Å²) < 4.78 is 43.4. The van der Waals surface area contributed by atoms with Crippen molar-refractivity contribution in [3.63, 3.8) is 0 Å². The van der Waals surface area contributed by atoms with E-state index in [2.05, 4.69) is 15.2 Å². The number of pyridine rings is 1. The smallest absolute Gasteiger partial charge is 0.417 e. The van der Waals surface area contributed by atoms with Crippen LogP contribution in [0.25, 0.3) is 0 Å². The summed E-state index contributed by atoms with van der Waals surface area (Å²) >= 11 is 0. The van der Waals surface area contributed by atoms with E-state index in [-0.39, 0.29) is 17.9 Å². The average molecular weight is 451 g/mol. The SMILES string of the molecule is COc1ccc(C(CNC(=O)C2CCN(c3ccc(C(F)(F)F)cn3)CC2)N(C)C)cc1. The number of piperidine rings is 1. The zero-order chi connectivity index (χ0) is 23.3. The minimum absolute atomic E-state index is 0.00499. The van der Waals surface area contributed by atoms with Crippen molar-refractivity contribution in [1.82, 2.24) is 15.2 Å². The molecule has 0 aliphatic carbocycles. The molecule has 1 saturated heterocycles. The maximum Gasteiger partial charge on any atom is 0.417 e. The Morgan fingerprint density at radius 1 is 1.19 bits per heavy atom. The Balaban J connectivity index is 1.52. The van der Waals surface area contributed by atoms with E-state index in [9.17, 15) is 18.0 Å². The third-order valence-corrected chi connectivity index (χ3v) is 5.86. The summed E-state index contributed by atoms with van der Waals surface area (Å²) in [5.74, 6) is 1.17. The van der Waals surface area contributed by atoms with E-state index in [1.54, 1.807) is 7.11 Å². The Morgan fingerprint density at radius 3 is 2.34 bits per heavy atom. The van der Waals surface area contributed by atoms with E-state index in [4.69, 9.17) is 4.74 Å². The van der Waals surface area contributed by atoms with Gasteiger partial charge in [0.25, 0.3) is 0 Å². The number of likely N-dealkylation sites (N-methyl/N-ethyl adjacent to an activating group) is 1. The number of alkyl halides is 3. The summed E-state index contributed by atoms with van der Waals surface area (Å²) in [6.45, 7) is 1.64. The second-order valence-corrected chi connectivity index (χ2v) is 8.16. The fourth-order valence-electron chi connectivity index (χ4n) is 3.88. The van der Waals surface area contributed by atoms with Crippen molar-refractivity contribution in [3.8, 4) is 5.75 Å². The lowest BCUT2D eigenvalue weighted by atomic mass is 9.95. The number of methoxy groups -OCH3 is 1. The van der Waals surface area contributed by atoms with Gasteiger partial charge in [-0.2, -0.15) is 13.2 Å². The van der Waals surface area contributed by atoms with E-state index in [0.717, 1.165) is 23.6 Å². The number of carbonyl (C=O) groups excluding carboxylic acids is 1. The lowest BCUT2D eigenvalue weighted by Crippen LogP contribution is -2.43. The molecular formula is C23H29F3N4O2. The van der Waals surface area contributed by atoms with Crippen LogP contribution in [0.1, 0.15) is 30.0 Å². The van der Waals surface area contributed by atoms with Gasteiger partial charge in [-0.3, -0.25) is 4.79 Å². The number of ether oxygens (including phenoxy) is 1. The van der Waals surface area contributed by atoms with E-state index < -0.39 is 11.7 Å². The number of anilines is 1. The molecule has 0 spiro atoms. The minimum atomic E-state index is -4.40. The summed E-state index contributed by atoms with van der Waals surface area (Å²) in [7, 11) is 5.56. The lowest BCUT2D eigenvalue weighted by molar-refractivity contribution is -0.137. The van der Waals surface area contributed by atoms with Crippen molar-refractivity contribution >= 4 is 11.7 Å². The number of nitrogens with zero attached hydrogens (tertiary/aromatic N) is 3. The van der Waals surface area contributed by atoms with E-state index in [1.807, 2.05) is 43.3 Å². The zero-order valence-electron chi connectivity index (χ0n) is 18.5. The predicted molar refractivity (Wildman–Crippen MR) is 117 cm³/mol. The first-order valence-electron chi connectivity index (χ1n) is 10.6. The van der Waals surface area contributed by atoms with Crippen LogP contribution >= 0.6 is 0 Å². The fraction of sp³-hybridized carbons (Fsp3) is 0.478. The normalized spacial score (nSPS) is 16.2. The molecule has 3 rings (SSSR count). The van der Waals surface area contributed by atoms with Crippen molar-refractivity contribution in [1.29, 1.82) is 0 Å². The molecule has 1 aliphatic heterocycles. The third kappa shape index (κ3) is 5.91. The Hall–Kier alpha value is -2.81. The Morgan fingerprint density at radius 2 is 1.84 bits per heavy atom. The molecule has 0 radical (unpaired) electrons. The summed E-state index contributed by atoms with van der Waals surface area (Å²) in [6.07, 6.45) is -2.28. The van der Waals surface area contributed by atoms with Crippen molar-refractivity contribution in [3.05, 3.63) is 53.7 Å². The van der Waals surface area contributed by atoms with Gasteiger partial charge >= 0.3 is 6.18 Å². The highest BCUT2D eigenvalue weighted by Gasteiger charge is 2.31. The highest BCUT2D eigenvalue weighted by Crippen LogP contribution is 2.30. The monoisotopic (exact) mass is 450 g/mol. The quantitative estimate of drug-likeness (QED) is 0.697. The van der Waals surface area contributed by atoms with Crippen LogP contribution in [0, 0.1) is 5.92 Å². The number of rotatable bonds is 7. The third-order valence-electron chi connectivity index (χ3n) is 5.86. The summed E-state index contributed by atoms with van der Waals surface area (Å²) in [5, 5.41) is 3.07. The molecular weight excluding hydrogens is 421 g/mol. The van der Waals surface area contributed by atoms with Crippen LogP contribution in [0.15, 0.2) is 42.6 Å². The molecule has 32 heavy (non-hydrogen) atoms. The first kappa shape index (κ1) is 23.8. The Bertz CT molecular complexity index is 878. The molecule has 1 atom stereocenters. The van der Waals surface area contributed by atoms with Gasteiger partial charge in [0.05, 0.1) is 18.7 Å². The van der Waals surface area contributed by atoms with Crippen LogP contribution in [-0.2, 0) is 11.0 Å². The second kappa shape index (κ2) is 10.2. The number of benzene rings is 1. The van der Waals surface area contributed by atoms with Gasteiger partial charge in [0, 0.05) is 31.7 Å². The van der Waals surface area contributed by atoms with E-state index in [0.29, 0.717) is 38.3 Å². The molecule has 2 heterocycles. The number of carbonyl (C=O) groups is 1. The minimum Gasteiger partial charge on any atom is -0.497 e. The second-order valence-electron chi connectivity index (χ2n) is 8.16. The number of aromatic nitrogens is 1. The number of halogens is 3. The van der Waals surface area contributed by atoms with Crippen molar-refractivity contribution in [2.75, 3.05) is 45.7 Å². The van der Waals surface area contributed by atoms with Crippen LogP contribution in [0.2, 0.25) is 0 Å². The van der Waals surface area contributed by atoms with Gasteiger partial charge in [-0.05, 0) is 56.8 Å². The van der Waals surface area contributed by atoms with Crippen molar-refractivity contribution in [2.24, 2.45) is 5.92 Å². The topological polar surface area (TPSA) is 57.7 Å². The maximum absolute atomic E-state index is 12.7. The molecule has 0 bridgehead atoms. The first-order chi connectivity index (χ1) is 15.2. The standard InChI is InChI=1S/C23H29F3N4O2/c1-29(2)20(16-4-7-19(32-3)8-5-16)15-28-22(31)17-10-12-30(13-11-17)21-9-6-18(14-27-21)23(24,25)26/h4-9,14,17,20H,10-13,15H2,1-3H3,(H,28,31). The number of hydrogen-bond acceptors (Lipinski definition) is 5. The number of amides is 1. The molecule has 1 amide bonds. The molecule has 1 aromatic carbocycles. The molecule has 1 aromatic heterocycles. The summed E-state index contributed by atoms with van der Waals surface area (Å²) in [6, 6.07) is 10.2. The van der Waals surface area contributed by atoms with Crippen LogP contribution in [-0.4, -0.2) is 56.6 Å². The van der Waals surface area contributed by atoms with Gasteiger partial charge in [-0.25, -0.2) is 4.98 Å². The fourth-order valence-corrected chi connectivity index (χ4v) is 3.88. The van der Waals surface area contributed by atoms with Crippen LogP contribution in [0.5, 0.6) is 5.75 Å². The van der Waals surface area contributed by atoms with Gasteiger partial charge in [0.15, 0.2) is 0 Å². The highest BCUT2D eigenvalue weighted by molar-refractivity contribution is 5.79. The highest BCUT2D eigenvalue weighted by atomic mass is 19.4. The lowest BCUT2D eigenvalue weighted by Gasteiger charge is -2.33. The summed E-state index contributed by atoms with van der Waals surface area (Å²) in [4.78, 5) is 20.7. The molecule has 6 nitrogen and oxygen atoms in total. The summed E-state index contributed by atoms with van der Waals surface area (Å²) in [5.41, 5.74) is 0.321. The molecule has 1 N–H and O–H groups in total. The molecule has 174 valence electrons. The predicted octanol–water partition coefficient (Wildman–Crippen LogP) is 3.74. The molecule has 1 unspecified atom stereocenters. The first-order valence-corrected chi connectivity index (χ1v) is 10.6. The van der Waals surface area contributed by atoms with Crippen LogP contribution in [0.4, 0.5) is 19.0 Å². The molecule has 9 heteroatoms. The van der Waals surface area contributed by atoms with Gasteiger partial charge in [-0.1, -0.05) is 12.1 Å². The molecule has 1 aliphatic rings. The Labute approximate surface area is 186 Å². The van der Waals surface area contributed by atoms with Crippen molar-refractivity contribution in [2.45, 2.75) is 25.1 Å². The van der Waals surface area contributed by atoms with Crippen LogP contribution in [0.3, 0.4) is 0 Å². The maximum atomic E-state index is 12.7. The van der Waals surface area contributed by atoms with Gasteiger partial charge < -0.3 is 19.9 Å². The molecule has 2 aromatic rings. The molecule has 0 saturated carbocycles.